The van der Waals surface area contributed by atoms with Gasteiger partial charge in [-0.05, 0) is 45.9 Å². The molecule has 1 aromatic rings. The minimum absolute atomic E-state index is 0.0689. The van der Waals surface area contributed by atoms with Gasteiger partial charge in [-0.3, -0.25) is 4.79 Å². The molecular formula is C15H23NO3. The molecule has 0 bridgehead atoms. The third kappa shape index (κ3) is 5.30. The molecule has 0 atom stereocenters. The van der Waals surface area contributed by atoms with E-state index in [1.165, 1.54) is 4.90 Å². The first kappa shape index (κ1) is 15.5. The van der Waals surface area contributed by atoms with Crippen LogP contribution in [0.2, 0.25) is 0 Å². The number of amides is 1. The highest BCUT2D eigenvalue weighted by atomic mass is 16.5. The number of ether oxygens (including phenoxy) is 1. The Balaban J connectivity index is 2.82. The van der Waals surface area contributed by atoms with Crippen LogP contribution >= 0.6 is 0 Å². The zero-order valence-electron chi connectivity index (χ0n) is 12.3. The summed E-state index contributed by atoms with van der Waals surface area (Å²) in [6.45, 7) is 7.51. The molecule has 0 fully saturated rings. The molecule has 19 heavy (non-hydrogen) atoms. The van der Waals surface area contributed by atoms with Gasteiger partial charge in [0, 0.05) is 19.2 Å². The van der Waals surface area contributed by atoms with E-state index in [0.717, 1.165) is 0 Å². The molecule has 1 amide bonds. The Hall–Kier alpha value is -1.55. The SMILES string of the molecule is CC(C)Oc1cccc(C(=O)N(C)CC(C)(C)O)c1. The van der Waals surface area contributed by atoms with Crippen molar-refractivity contribution in [2.45, 2.75) is 39.4 Å². The second-order valence-corrected chi connectivity index (χ2v) is 5.67. The molecule has 0 aliphatic rings. The number of hydrogen-bond acceptors (Lipinski definition) is 3. The fraction of sp³-hybridized carbons (Fsp3) is 0.533. The van der Waals surface area contributed by atoms with Crippen molar-refractivity contribution in [3.63, 3.8) is 0 Å². The van der Waals surface area contributed by atoms with Gasteiger partial charge in [0.1, 0.15) is 5.75 Å². The van der Waals surface area contributed by atoms with Crippen LogP contribution in [-0.2, 0) is 0 Å². The third-order valence-corrected chi connectivity index (χ3v) is 2.42. The van der Waals surface area contributed by atoms with E-state index in [0.29, 0.717) is 11.3 Å². The van der Waals surface area contributed by atoms with Gasteiger partial charge in [-0.25, -0.2) is 0 Å². The summed E-state index contributed by atoms with van der Waals surface area (Å²) in [5, 5.41) is 9.74. The lowest BCUT2D eigenvalue weighted by Crippen LogP contribution is -2.39. The van der Waals surface area contributed by atoms with E-state index in [1.54, 1.807) is 39.1 Å². The van der Waals surface area contributed by atoms with Crippen LogP contribution < -0.4 is 4.74 Å². The first-order chi connectivity index (χ1) is 8.69. The van der Waals surface area contributed by atoms with Crippen LogP contribution in [0.15, 0.2) is 24.3 Å². The normalized spacial score (nSPS) is 11.5. The molecule has 1 N–H and O–H groups in total. The average Bonchev–Trinajstić information content (AvgIpc) is 2.25. The van der Waals surface area contributed by atoms with Crippen molar-refractivity contribution in [1.29, 1.82) is 0 Å². The lowest BCUT2D eigenvalue weighted by Gasteiger charge is -2.25. The summed E-state index contributed by atoms with van der Waals surface area (Å²) in [6.07, 6.45) is 0.0689. The average molecular weight is 265 g/mol. The van der Waals surface area contributed by atoms with Crippen molar-refractivity contribution in [1.82, 2.24) is 4.90 Å². The van der Waals surface area contributed by atoms with E-state index < -0.39 is 5.60 Å². The van der Waals surface area contributed by atoms with Crippen LogP contribution in [0.25, 0.3) is 0 Å². The number of aliphatic hydroxyl groups is 1. The van der Waals surface area contributed by atoms with Gasteiger partial charge in [-0.2, -0.15) is 0 Å². The molecular weight excluding hydrogens is 242 g/mol. The number of likely N-dealkylation sites (N-methyl/N-ethyl adjacent to an activating group) is 1. The summed E-state index contributed by atoms with van der Waals surface area (Å²) in [6, 6.07) is 7.09. The molecule has 4 heteroatoms. The molecule has 0 heterocycles. The van der Waals surface area contributed by atoms with Gasteiger partial charge in [-0.1, -0.05) is 6.07 Å². The second-order valence-electron chi connectivity index (χ2n) is 5.67. The lowest BCUT2D eigenvalue weighted by atomic mass is 10.1. The standard InChI is InChI=1S/C15H23NO3/c1-11(2)19-13-8-6-7-12(9-13)14(17)16(5)10-15(3,4)18/h6-9,11,18H,10H2,1-5H3. The minimum atomic E-state index is -0.906. The predicted octanol–water partition coefficient (Wildman–Crippen LogP) is 2.32. The summed E-state index contributed by atoms with van der Waals surface area (Å²) >= 11 is 0. The predicted molar refractivity (Wildman–Crippen MR) is 75.5 cm³/mol. The van der Waals surface area contributed by atoms with Crippen molar-refractivity contribution in [3.8, 4) is 5.75 Å². The summed E-state index contributed by atoms with van der Waals surface area (Å²) in [4.78, 5) is 13.7. The van der Waals surface area contributed by atoms with Crippen LogP contribution in [0, 0.1) is 0 Å². The Morgan fingerprint density at radius 3 is 2.58 bits per heavy atom. The van der Waals surface area contributed by atoms with Crippen molar-refractivity contribution in [2.24, 2.45) is 0 Å². The smallest absolute Gasteiger partial charge is 0.253 e. The Kier molecular flexibility index (Phi) is 4.95. The van der Waals surface area contributed by atoms with Gasteiger partial charge in [0.25, 0.3) is 5.91 Å². The van der Waals surface area contributed by atoms with Crippen molar-refractivity contribution >= 4 is 5.91 Å². The number of rotatable bonds is 5. The third-order valence-electron chi connectivity index (χ3n) is 2.42. The molecule has 0 aliphatic carbocycles. The van der Waals surface area contributed by atoms with E-state index in [2.05, 4.69) is 0 Å². The summed E-state index contributed by atoms with van der Waals surface area (Å²) in [7, 11) is 1.68. The highest BCUT2D eigenvalue weighted by molar-refractivity contribution is 5.94. The Bertz CT molecular complexity index is 435. The van der Waals surface area contributed by atoms with Gasteiger partial charge < -0.3 is 14.7 Å². The molecule has 0 saturated carbocycles. The first-order valence-corrected chi connectivity index (χ1v) is 6.43. The maximum atomic E-state index is 12.2. The van der Waals surface area contributed by atoms with Gasteiger partial charge in [0.2, 0.25) is 0 Å². The van der Waals surface area contributed by atoms with Crippen molar-refractivity contribution in [3.05, 3.63) is 29.8 Å². The van der Waals surface area contributed by atoms with Crippen molar-refractivity contribution in [2.75, 3.05) is 13.6 Å². The highest BCUT2D eigenvalue weighted by Crippen LogP contribution is 2.17. The molecule has 0 saturated heterocycles. The fourth-order valence-corrected chi connectivity index (χ4v) is 1.85. The number of nitrogens with zero attached hydrogens (tertiary/aromatic N) is 1. The summed E-state index contributed by atoms with van der Waals surface area (Å²) in [5.74, 6) is 0.550. The van der Waals surface area contributed by atoms with Gasteiger partial charge in [0.15, 0.2) is 0 Å². The maximum Gasteiger partial charge on any atom is 0.253 e. The van der Waals surface area contributed by atoms with Crippen LogP contribution in [0.4, 0.5) is 0 Å². The minimum Gasteiger partial charge on any atom is -0.491 e. The van der Waals surface area contributed by atoms with E-state index in [-0.39, 0.29) is 18.6 Å². The van der Waals surface area contributed by atoms with Gasteiger partial charge >= 0.3 is 0 Å². The fourth-order valence-electron chi connectivity index (χ4n) is 1.85. The Morgan fingerprint density at radius 1 is 1.42 bits per heavy atom. The maximum absolute atomic E-state index is 12.2. The van der Waals surface area contributed by atoms with E-state index in [1.807, 2.05) is 19.9 Å². The monoisotopic (exact) mass is 265 g/mol. The molecule has 0 aromatic heterocycles. The quantitative estimate of drug-likeness (QED) is 0.889. The number of hydrogen-bond donors (Lipinski definition) is 1. The molecule has 0 radical (unpaired) electrons. The summed E-state index contributed by atoms with van der Waals surface area (Å²) < 4.78 is 5.57. The van der Waals surface area contributed by atoms with Gasteiger partial charge in [-0.15, -0.1) is 0 Å². The van der Waals surface area contributed by atoms with Crippen molar-refractivity contribution < 1.29 is 14.6 Å². The van der Waals surface area contributed by atoms with E-state index in [4.69, 9.17) is 4.74 Å². The van der Waals surface area contributed by atoms with E-state index >= 15 is 0 Å². The Labute approximate surface area is 115 Å². The molecule has 106 valence electrons. The largest absolute Gasteiger partial charge is 0.491 e. The number of carbonyl (C=O) groups excluding carboxylic acids is 1. The molecule has 1 aromatic carbocycles. The van der Waals surface area contributed by atoms with Crippen LogP contribution in [0.5, 0.6) is 5.75 Å². The van der Waals surface area contributed by atoms with Crippen LogP contribution in [0.3, 0.4) is 0 Å². The second kappa shape index (κ2) is 6.06. The zero-order chi connectivity index (χ0) is 14.6. The molecule has 0 spiro atoms. The lowest BCUT2D eigenvalue weighted by molar-refractivity contribution is 0.0367. The number of carbonyl (C=O) groups is 1. The Morgan fingerprint density at radius 2 is 2.05 bits per heavy atom. The van der Waals surface area contributed by atoms with Gasteiger partial charge in [0.05, 0.1) is 11.7 Å². The summed E-state index contributed by atoms with van der Waals surface area (Å²) in [5.41, 5.74) is -0.346. The topological polar surface area (TPSA) is 49.8 Å². The van der Waals surface area contributed by atoms with Crippen LogP contribution in [-0.4, -0.2) is 41.2 Å². The highest BCUT2D eigenvalue weighted by Gasteiger charge is 2.20. The van der Waals surface area contributed by atoms with Crippen LogP contribution in [0.1, 0.15) is 38.1 Å². The molecule has 0 aliphatic heterocycles. The zero-order valence-corrected chi connectivity index (χ0v) is 12.3. The first-order valence-electron chi connectivity index (χ1n) is 6.43. The number of benzene rings is 1. The molecule has 0 unspecified atom stereocenters. The van der Waals surface area contributed by atoms with E-state index in [9.17, 15) is 9.90 Å². The molecule has 4 nitrogen and oxygen atoms in total. The molecule has 1 rings (SSSR count).